The molecular formula is C20H21F3N6O. The molecule has 158 valence electrons. The molecule has 0 spiro atoms. The fourth-order valence-corrected chi connectivity index (χ4v) is 4.61. The summed E-state index contributed by atoms with van der Waals surface area (Å²) in [5.74, 6) is -0.0147. The first-order valence-electron chi connectivity index (χ1n) is 10.0. The molecule has 0 radical (unpaired) electrons. The lowest BCUT2D eigenvalue weighted by Crippen LogP contribution is -2.42. The fourth-order valence-electron chi connectivity index (χ4n) is 4.61. The first-order valence-corrected chi connectivity index (χ1v) is 10.0. The zero-order valence-electron chi connectivity index (χ0n) is 16.1. The van der Waals surface area contributed by atoms with Crippen LogP contribution in [0.25, 0.3) is 16.8 Å². The van der Waals surface area contributed by atoms with Crippen LogP contribution in [0.5, 0.6) is 5.75 Å². The van der Waals surface area contributed by atoms with Gasteiger partial charge in [0, 0.05) is 24.2 Å². The summed E-state index contributed by atoms with van der Waals surface area (Å²) >= 11 is 0. The first-order chi connectivity index (χ1) is 14.4. The van der Waals surface area contributed by atoms with Gasteiger partial charge < -0.3 is 10.4 Å². The van der Waals surface area contributed by atoms with Crippen molar-refractivity contribution in [1.29, 1.82) is 0 Å². The molecule has 2 aliphatic rings. The van der Waals surface area contributed by atoms with Crippen molar-refractivity contribution in [2.45, 2.75) is 43.9 Å². The molecule has 5 rings (SSSR count). The van der Waals surface area contributed by atoms with Gasteiger partial charge in [-0.25, -0.2) is 0 Å². The number of piperidine rings is 1. The third-order valence-electron chi connectivity index (χ3n) is 6.08. The third-order valence-corrected chi connectivity index (χ3v) is 6.08. The van der Waals surface area contributed by atoms with Gasteiger partial charge in [-0.3, -0.25) is 4.90 Å². The van der Waals surface area contributed by atoms with E-state index in [0.717, 1.165) is 32.0 Å². The predicted molar refractivity (Wildman–Crippen MR) is 104 cm³/mol. The van der Waals surface area contributed by atoms with Crippen molar-refractivity contribution < 1.29 is 18.3 Å². The van der Waals surface area contributed by atoms with Gasteiger partial charge in [0.25, 0.3) is 0 Å². The minimum Gasteiger partial charge on any atom is -0.507 e. The summed E-state index contributed by atoms with van der Waals surface area (Å²) in [4.78, 5) is 2.50. The Hall–Kier alpha value is -2.88. The Kier molecular flexibility index (Phi) is 4.53. The van der Waals surface area contributed by atoms with Crippen molar-refractivity contribution in [3.63, 3.8) is 0 Å². The summed E-state index contributed by atoms with van der Waals surface area (Å²) in [6, 6.07) is 5.24. The smallest absolute Gasteiger partial charge is 0.416 e. The van der Waals surface area contributed by atoms with Gasteiger partial charge in [-0.1, -0.05) is 6.42 Å². The van der Waals surface area contributed by atoms with Crippen LogP contribution in [0.2, 0.25) is 0 Å². The number of phenolic OH excluding ortho intramolecular Hbond substituents is 1. The Balaban J connectivity index is 1.48. The van der Waals surface area contributed by atoms with Crippen LogP contribution < -0.4 is 5.32 Å². The molecule has 0 aliphatic carbocycles. The van der Waals surface area contributed by atoms with E-state index in [2.05, 4.69) is 25.5 Å². The van der Waals surface area contributed by atoms with Crippen molar-refractivity contribution in [3.8, 4) is 17.0 Å². The van der Waals surface area contributed by atoms with Crippen molar-refractivity contribution in [3.05, 3.63) is 36.0 Å². The molecule has 4 heterocycles. The highest BCUT2D eigenvalue weighted by Gasteiger charge is 2.36. The Morgan fingerprint density at radius 1 is 1.07 bits per heavy atom. The molecule has 30 heavy (non-hydrogen) atoms. The van der Waals surface area contributed by atoms with Gasteiger partial charge in [-0.05, 0) is 50.1 Å². The summed E-state index contributed by atoms with van der Waals surface area (Å²) in [6.45, 7) is 2.17. The second kappa shape index (κ2) is 7.12. The number of anilines is 1. The van der Waals surface area contributed by atoms with Gasteiger partial charge in [0.05, 0.1) is 17.3 Å². The van der Waals surface area contributed by atoms with Crippen LogP contribution in [-0.4, -0.2) is 55.0 Å². The molecular weight excluding hydrogens is 397 g/mol. The predicted octanol–water partition coefficient (Wildman–Crippen LogP) is 3.55. The molecule has 3 aromatic rings. The van der Waals surface area contributed by atoms with Crippen molar-refractivity contribution in [2.24, 2.45) is 0 Å². The topological polar surface area (TPSA) is 78.6 Å². The number of aromatic hydroxyl groups is 1. The quantitative estimate of drug-likeness (QED) is 0.677. The molecule has 0 saturated carbocycles. The monoisotopic (exact) mass is 418 g/mol. The van der Waals surface area contributed by atoms with E-state index in [1.807, 2.05) is 0 Å². The van der Waals surface area contributed by atoms with E-state index in [1.165, 1.54) is 18.9 Å². The molecule has 7 nitrogen and oxygen atoms in total. The molecule has 0 bridgehead atoms. The molecule has 0 amide bonds. The maximum Gasteiger partial charge on any atom is 0.416 e. The van der Waals surface area contributed by atoms with Gasteiger partial charge in [-0.15, -0.1) is 10.2 Å². The molecule has 1 aromatic carbocycles. The number of aromatic nitrogens is 4. The lowest BCUT2D eigenvalue weighted by atomic mass is 9.99. The summed E-state index contributed by atoms with van der Waals surface area (Å²) < 4.78 is 40.3. The lowest BCUT2D eigenvalue weighted by Gasteiger charge is -2.32. The molecule has 2 atom stereocenters. The molecule has 0 unspecified atom stereocenters. The average Bonchev–Trinajstić information content (AvgIpc) is 3.36. The number of fused-ring (bicyclic) bond motifs is 2. The van der Waals surface area contributed by atoms with E-state index < -0.39 is 17.5 Å². The van der Waals surface area contributed by atoms with Crippen LogP contribution in [-0.2, 0) is 6.18 Å². The number of benzene rings is 1. The van der Waals surface area contributed by atoms with Gasteiger partial charge in [0.1, 0.15) is 11.4 Å². The van der Waals surface area contributed by atoms with E-state index >= 15 is 0 Å². The van der Waals surface area contributed by atoms with Crippen LogP contribution in [0.15, 0.2) is 30.5 Å². The SMILES string of the molecule is Oc1cc(C(F)(F)F)ccc1-c1nnc(N[C@H]2CCN3CCCC[C@@H]23)n2nccc12. The van der Waals surface area contributed by atoms with Crippen molar-refractivity contribution in [1.82, 2.24) is 24.7 Å². The first kappa shape index (κ1) is 19.1. The highest BCUT2D eigenvalue weighted by Crippen LogP contribution is 2.37. The molecule has 2 aliphatic heterocycles. The van der Waals surface area contributed by atoms with E-state index in [-0.39, 0.29) is 17.3 Å². The van der Waals surface area contributed by atoms with Crippen LogP contribution in [0.4, 0.5) is 19.1 Å². The zero-order chi connectivity index (χ0) is 20.9. The zero-order valence-corrected chi connectivity index (χ0v) is 16.1. The molecule has 10 heteroatoms. The summed E-state index contributed by atoms with van der Waals surface area (Å²) in [5, 5.41) is 26.5. The maximum absolute atomic E-state index is 12.9. The number of nitrogens with one attached hydrogen (secondary N) is 1. The van der Waals surface area contributed by atoms with Crippen LogP contribution in [0.1, 0.15) is 31.2 Å². The average molecular weight is 418 g/mol. The van der Waals surface area contributed by atoms with E-state index in [4.69, 9.17) is 0 Å². The minimum absolute atomic E-state index is 0.173. The van der Waals surface area contributed by atoms with Crippen LogP contribution in [0.3, 0.4) is 0 Å². The second-order valence-corrected chi connectivity index (χ2v) is 7.87. The van der Waals surface area contributed by atoms with E-state index in [9.17, 15) is 18.3 Å². The number of phenols is 1. The van der Waals surface area contributed by atoms with Gasteiger partial charge in [0.15, 0.2) is 0 Å². The third kappa shape index (κ3) is 3.24. The van der Waals surface area contributed by atoms with Crippen LogP contribution >= 0.6 is 0 Å². The largest absolute Gasteiger partial charge is 0.507 e. The summed E-state index contributed by atoms with van der Waals surface area (Å²) in [7, 11) is 0. The van der Waals surface area contributed by atoms with Gasteiger partial charge in [0.2, 0.25) is 5.95 Å². The number of rotatable bonds is 3. The number of nitrogens with zero attached hydrogens (tertiary/aromatic N) is 5. The Bertz CT molecular complexity index is 1080. The Morgan fingerprint density at radius 3 is 2.73 bits per heavy atom. The van der Waals surface area contributed by atoms with Crippen LogP contribution in [0, 0.1) is 0 Å². The highest BCUT2D eigenvalue weighted by molar-refractivity contribution is 5.80. The maximum atomic E-state index is 12.9. The second-order valence-electron chi connectivity index (χ2n) is 7.87. The Labute approximate surface area is 170 Å². The fraction of sp³-hybridized carbons (Fsp3) is 0.450. The summed E-state index contributed by atoms with van der Waals surface area (Å²) in [6.07, 6.45) is 1.65. The van der Waals surface area contributed by atoms with E-state index in [0.29, 0.717) is 23.6 Å². The lowest BCUT2D eigenvalue weighted by molar-refractivity contribution is -0.137. The van der Waals surface area contributed by atoms with Crippen molar-refractivity contribution >= 4 is 11.5 Å². The van der Waals surface area contributed by atoms with E-state index in [1.54, 1.807) is 16.8 Å². The minimum atomic E-state index is -4.53. The molecule has 2 fully saturated rings. The molecule has 2 saturated heterocycles. The standard InChI is InChI=1S/C20H21F3N6O/c21-20(22,23)12-4-5-13(17(30)11-12)18-16-6-8-24-29(16)19(27-26-18)25-14-7-10-28-9-2-1-3-15(14)28/h4-6,8,11,14-15,30H,1-3,7,9-10H2,(H,25,27)/t14-,15-/m0/s1. The number of alkyl halides is 3. The van der Waals surface area contributed by atoms with Crippen molar-refractivity contribution in [2.75, 3.05) is 18.4 Å². The molecule has 2 aromatic heterocycles. The number of hydrogen-bond acceptors (Lipinski definition) is 6. The Morgan fingerprint density at radius 2 is 1.93 bits per heavy atom. The molecule has 2 N–H and O–H groups in total. The van der Waals surface area contributed by atoms with Gasteiger partial charge >= 0.3 is 6.18 Å². The number of hydrogen-bond donors (Lipinski definition) is 2. The number of halogens is 3. The highest BCUT2D eigenvalue weighted by atomic mass is 19.4. The van der Waals surface area contributed by atoms with Gasteiger partial charge in [-0.2, -0.15) is 22.8 Å². The summed E-state index contributed by atoms with van der Waals surface area (Å²) in [5.41, 5.74) is 0.0840. The normalized spacial score (nSPS) is 22.4.